The number of nitrogens with one attached hydrogen (secondary N) is 1. The maximum absolute atomic E-state index is 12.1. The van der Waals surface area contributed by atoms with Gasteiger partial charge in [-0.3, -0.25) is 0 Å². The molecule has 1 aliphatic rings. The summed E-state index contributed by atoms with van der Waals surface area (Å²) in [6, 6.07) is 5.99. The van der Waals surface area contributed by atoms with Crippen molar-refractivity contribution < 1.29 is 22.6 Å². The van der Waals surface area contributed by atoms with Crippen LogP contribution in [0.2, 0.25) is 0 Å². The standard InChI is InChI=1S/C14H18F3NO2/c1-19-13(6-3-7-13)10-18-9-11-4-2-5-12(8-11)20-14(15,16)17/h2,4-5,8,18H,3,6-7,9-10H2,1H3. The maximum Gasteiger partial charge on any atom is 0.573 e. The molecule has 0 spiro atoms. The molecule has 1 aromatic carbocycles. The smallest absolute Gasteiger partial charge is 0.406 e. The van der Waals surface area contributed by atoms with Crippen LogP contribution in [0.1, 0.15) is 24.8 Å². The van der Waals surface area contributed by atoms with Crippen LogP contribution >= 0.6 is 0 Å². The van der Waals surface area contributed by atoms with Crippen LogP contribution in [0.4, 0.5) is 13.2 Å². The first kappa shape index (κ1) is 15.1. The van der Waals surface area contributed by atoms with Gasteiger partial charge in [0.15, 0.2) is 0 Å². The average molecular weight is 289 g/mol. The second kappa shape index (κ2) is 6.01. The number of ether oxygens (including phenoxy) is 2. The van der Waals surface area contributed by atoms with Crippen LogP contribution in [0.15, 0.2) is 24.3 Å². The lowest BCUT2D eigenvalue weighted by molar-refractivity contribution is -0.274. The number of benzene rings is 1. The van der Waals surface area contributed by atoms with Crippen molar-refractivity contribution in [2.24, 2.45) is 0 Å². The monoisotopic (exact) mass is 289 g/mol. The molecule has 3 nitrogen and oxygen atoms in total. The number of rotatable bonds is 6. The molecule has 0 aromatic heterocycles. The minimum absolute atomic E-state index is 0.0971. The van der Waals surface area contributed by atoms with Gasteiger partial charge in [-0.1, -0.05) is 12.1 Å². The van der Waals surface area contributed by atoms with E-state index in [4.69, 9.17) is 4.74 Å². The van der Waals surface area contributed by atoms with Gasteiger partial charge in [0, 0.05) is 20.2 Å². The van der Waals surface area contributed by atoms with Gasteiger partial charge >= 0.3 is 6.36 Å². The number of methoxy groups -OCH3 is 1. The molecule has 1 N–H and O–H groups in total. The second-order valence-corrected chi connectivity index (χ2v) is 5.04. The van der Waals surface area contributed by atoms with E-state index in [1.807, 2.05) is 0 Å². The molecular formula is C14H18F3NO2. The van der Waals surface area contributed by atoms with Gasteiger partial charge in [-0.15, -0.1) is 13.2 Å². The van der Waals surface area contributed by atoms with Crippen LogP contribution in [0, 0.1) is 0 Å². The van der Waals surface area contributed by atoms with Gasteiger partial charge in [0.05, 0.1) is 5.60 Å². The van der Waals surface area contributed by atoms with Crippen molar-refractivity contribution in [3.05, 3.63) is 29.8 Å². The highest BCUT2D eigenvalue weighted by Crippen LogP contribution is 2.34. The highest BCUT2D eigenvalue weighted by Gasteiger charge is 2.36. The van der Waals surface area contributed by atoms with E-state index >= 15 is 0 Å². The molecule has 1 fully saturated rings. The van der Waals surface area contributed by atoms with E-state index in [0.717, 1.165) is 24.8 Å². The van der Waals surface area contributed by atoms with Crippen LogP contribution in [0.25, 0.3) is 0 Å². The van der Waals surface area contributed by atoms with Crippen LogP contribution in [0.5, 0.6) is 5.75 Å². The predicted octanol–water partition coefficient (Wildman–Crippen LogP) is 3.24. The van der Waals surface area contributed by atoms with Crippen LogP contribution in [-0.4, -0.2) is 25.6 Å². The lowest BCUT2D eigenvalue weighted by Gasteiger charge is -2.40. The van der Waals surface area contributed by atoms with Crippen molar-refractivity contribution >= 4 is 0 Å². The Hall–Kier alpha value is -1.27. The van der Waals surface area contributed by atoms with E-state index < -0.39 is 6.36 Å². The lowest BCUT2D eigenvalue weighted by Crippen LogP contribution is -2.47. The summed E-state index contributed by atoms with van der Waals surface area (Å²) in [6.07, 6.45) is -1.45. The van der Waals surface area contributed by atoms with Gasteiger partial charge in [0.1, 0.15) is 5.75 Å². The van der Waals surface area contributed by atoms with E-state index in [-0.39, 0.29) is 11.4 Å². The highest BCUT2D eigenvalue weighted by molar-refractivity contribution is 5.28. The molecule has 0 atom stereocenters. The van der Waals surface area contributed by atoms with Crippen molar-refractivity contribution in [3.63, 3.8) is 0 Å². The lowest BCUT2D eigenvalue weighted by atomic mass is 9.80. The average Bonchev–Trinajstić information content (AvgIpc) is 2.31. The van der Waals surface area contributed by atoms with Gasteiger partial charge < -0.3 is 14.8 Å². The molecule has 0 heterocycles. The molecule has 0 saturated heterocycles. The summed E-state index contributed by atoms with van der Waals surface area (Å²) in [5, 5.41) is 3.22. The molecule has 112 valence electrons. The zero-order valence-corrected chi connectivity index (χ0v) is 11.3. The first-order chi connectivity index (χ1) is 9.42. The number of hydrogen-bond acceptors (Lipinski definition) is 3. The van der Waals surface area contributed by atoms with E-state index in [9.17, 15) is 13.2 Å². The predicted molar refractivity (Wildman–Crippen MR) is 68.4 cm³/mol. The van der Waals surface area contributed by atoms with Crippen molar-refractivity contribution in [3.8, 4) is 5.75 Å². The largest absolute Gasteiger partial charge is 0.573 e. The molecule has 0 amide bonds. The molecule has 20 heavy (non-hydrogen) atoms. The second-order valence-electron chi connectivity index (χ2n) is 5.04. The Balaban J connectivity index is 1.85. The highest BCUT2D eigenvalue weighted by atomic mass is 19.4. The molecule has 0 unspecified atom stereocenters. The van der Waals surface area contributed by atoms with Crippen molar-refractivity contribution in [2.45, 2.75) is 37.8 Å². The number of alkyl halides is 3. The van der Waals surface area contributed by atoms with Gasteiger partial charge in [0.2, 0.25) is 0 Å². The third kappa shape index (κ3) is 4.11. The van der Waals surface area contributed by atoms with Crippen molar-refractivity contribution in [2.75, 3.05) is 13.7 Å². The van der Waals surface area contributed by atoms with Crippen molar-refractivity contribution in [1.82, 2.24) is 5.32 Å². The third-order valence-corrected chi connectivity index (χ3v) is 3.61. The summed E-state index contributed by atoms with van der Waals surface area (Å²) >= 11 is 0. The minimum atomic E-state index is -4.65. The molecule has 0 aliphatic heterocycles. The van der Waals surface area contributed by atoms with Crippen molar-refractivity contribution in [1.29, 1.82) is 0 Å². The van der Waals surface area contributed by atoms with E-state index in [1.165, 1.54) is 12.1 Å². The van der Waals surface area contributed by atoms with E-state index in [0.29, 0.717) is 13.1 Å². The van der Waals surface area contributed by atoms with E-state index in [1.54, 1.807) is 19.2 Å². The van der Waals surface area contributed by atoms with Gasteiger partial charge in [-0.2, -0.15) is 0 Å². The van der Waals surface area contributed by atoms with Crippen LogP contribution in [-0.2, 0) is 11.3 Å². The zero-order chi connectivity index (χ0) is 14.6. The minimum Gasteiger partial charge on any atom is -0.406 e. The third-order valence-electron chi connectivity index (χ3n) is 3.61. The molecule has 2 rings (SSSR count). The molecule has 1 aliphatic carbocycles. The zero-order valence-electron chi connectivity index (χ0n) is 11.3. The summed E-state index contributed by atoms with van der Waals surface area (Å²) < 4.78 is 45.7. The molecular weight excluding hydrogens is 271 g/mol. The fourth-order valence-corrected chi connectivity index (χ4v) is 2.31. The van der Waals surface area contributed by atoms with E-state index in [2.05, 4.69) is 10.1 Å². The number of hydrogen-bond donors (Lipinski definition) is 1. The Morgan fingerprint density at radius 1 is 1.30 bits per heavy atom. The molecule has 0 bridgehead atoms. The Bertz CT molecular complexity index is 439. The Morgan fingerprint density at radius 3 is 2.60 bits per heavy atom. The molecule has 0 radical (unpaired) electrons. The SMILES string of the molecule is COC1(CNCc2cccc(OC(F)(F)F)c2)CCC1. The number of halogens is 3. The molecule has 1 saturated carbocycles. The molecule has 1 aromatic rings. The Labute approximate surface area is 116 Å². The first-order valence-electron chi connectivity index (χ1n) is 6.53. The summed E-state index contributed by atoms with van der Waals surface area (Å²) in [5.41, 5.74) is 0.650. The fourth-order valence-electron chi connectivity index (χ4n) is 2.31. The Kier molecular flexibility index (Phi) is 4.55. The first-order valence-corrected chi connectivity index (χ1v) is 6.53. The molecule has 6 heteroatoms. The normalized spacial score (nSPS) is 17.6. The quantitative estimate of drug-likeness (QED) is 0.872. The van der Waals surface area contributed by atoms with Crippen LogP contribution < -0.4 is 10.1 Å². The topological polar surface area (TPSA) is 30.5 Å². The van der Waals surface area contributed by atoms with Crippen LogP contribution in [0.3, 0.4) is 0 Å². The maximum atomic E-state index is 12.1. The Morgan fingerprint density at radius 2 is 2.05 bits per heavy atom. The summed E-state index contributed by atoms with van der Waals surface area (Å²) in [5.74, 6) is -0.193. The van der Waals surface area contributed by atoms with Gasteiger partial charge in [-0.25, -0.2) is 0 Å². The summed E-state index contributed by atoms with van der Waals surface area (Å²) in [7, 11) is 1.69. The van der Waals surface area contributed by atoms with Gasteiger partial charge in [0.25, 0.3) is 0 Å². The van der Waals surface area contributed by atoms with Gasteiger partial charge in [-0.05, 0) is 37.0 Å². The fraction of sp³-hybridized carbons (Fsp3) is 0.571. The summed E-state index contributed by atoms with van der Waals surface area (Å²) in [6.45, 7) is 1.19. The summed E-state index contributed by atoms with van der Waals surface area (Å²) in [4.78, 5) is 0.